The average molecular weight is 270 g/mol. The van der Waals surface area contributed by atoms with Crippen LogP contribution in [0.3, 0.4) is 0 Å². The molecule has 100 valence electrons. The second kappa shape index (κ2) is 7.36. The molecule has 0 aromatic heterocycles. The van der Waals surface area contributed by atoms with Crippen LogP contribution in [0.1, 0.15) is 6.92 Å². The predicted octanol–water partition coefficient (Wildman–Crippen LogP) is 1.82. The normalized spacial score (nSPS) is 12.5. The first-order chi connectivity index (χ1) is 8.49. The Labute approximate surface area is 113 Å². The molecular weight excluding hydrogens is 250 g/mol. The first-order valence-electron chi connectivity index (χ1n) is 5.91. The summed E-state index contributed by atoms with van der Waals surface area (Å²) in [5.41, 5.74) is 0.756. The first-order valence-corrected chi connectivity index (χ1v) is 6.29. The third-order valence-corrected chi connectivity index (χ3v) is 2.99. The SMILES string of the molecule is CC(CNCC(=O)Nc1ccc(Cl)cc1)N(C)C. The second-order valence-electron chi connectivity index (χ2n) is 4.50. The Balaban J connectivity index is 2.27. The van der Waals surface area contributed by atoms with E-state index in [1.807, 2.05) is 14.1 Å². The fraction of sp³-hybridized carbons (Fsp3) is 0.462. The van der Waals surface area contributed by atoms with Crippen molar-refractivity contribution in [2.45, 2.75) is 13.0 Å². The zero-order valence-corrected chi connectivity index (χ0v) is 11.8. The van der Waals surface area contributed by atoms with Crippen molar-refractivity contribution in [3.05, 3.63) is 29.3 Å². The van der Waals surface area contributed by atoms with E-state index in [9.17, 15) is 4.79 Å². The van der Waals surface area contributed by atoms with Crippen LogP contribution in [0, 0.1) is 0 Å². The lowest BCUT2D eigenvalue weighted by Gasteiger charge is -2.19. The number of hydrogen-bond acceptors (Lipinski definition) is 3. The fourth-order valence-corrected chi connectivity index (χ4v) is 1.44. The average Bonchev–Trinajstić information content (AvgIpc) is 2.32. The number of carbonyl (C=O) groups excluding carboxylic acids is 1. The van der Waals surface area contributed by atoms with Gasteiger partial charge in [-0.2, -0.15) is 0 Å². The highest BCUT2D eigenvalue weighted by Crippen LogP contribution is 2.12. The highest BCUT2D eigenvalue weighted by atomic mass is 35.5. The highest BCUT2D eigenvalue weighted by molar-refractivity contribution is 6.30. The van der Waals surface area contributed by atoms with E-state index in [0.717, 1.165) is 12.2 Å². The third-order valence-electron chi connectivity index (χ3n) is 2.73. The van der Waals surface area contributed by atoms with Gasteiger partial charge in [-0.25, -0.2) is 0 Å². The molecule has 1 rings (SSSR count). The van der Waals surface area contributed by atoms with Gasteiger partial charge in [-0.1, -0.05) is 11.6 Å². The monoisotopic (exact) mass is 269 g/mol. The Kier molecular flexibility index (Phi) is 6.12. The van der Waals surface area contributed by atoms with Crippen molar-refractivity contribution >= 4 is 23.2 Å². The summed E-state index contributed by atoms with van der Waals surface area (Å²) < 4.78 is 0. The molecule has 1 unspecified atom stereocenters. The van der Waals surface area contributed by atoms with Crippen LogP contribution in [-0.2, 0) is 4.79 Å². The van der Waals surface area contributed by atoms with E-state index in [-0.39, 0.29) is 5.91 Å². The quantitative estimate of drug-likeness (QED) is 0.828. The van der Waals surface area contributed by atoms with E-state index in [1.165, 1.54) is 0 Å². The molecule has 0 bridgehead atoms. The van der Waals surface area contributed by atoms with E-state index >= 15 is 0 Å². The number of nitrogens with one attached hydrogen (secondary N) is 2. The molecule has 0 saturated heterocycles. The van der Waals surface area contributed by atoms with Crippen molar-refractivity contribution in [1.29, 1.82) is 0 Å². The molecule has 0 fully saturated rings. The van der Waals surface area contributed by atoms with Gasteiger partial charge in [0.1, 0.15) is 0 Å². The molecule has 0 saturated carbocycles. The number of halogens is 1. The first kappa shape index (κ1) is 15.0. The zero-order valence-electron chi connectivity index (χ0n) is 11.0. The van der Waals surface area contributed by atoms with E-state index < -0.39 is 0 Å². The largest absolute Gasteiger partial charge is 0.325 e. The minimum atomic E-state index is -0.0525. The third kappa shape index (κ3) is 5.49. The van der Waals surface area contributed by atoms with Gasteiger partial charge in [-0.05, 0) is 45.3 Å². The summed E-state index contributed by atoms with van der Waals surface area (Å²) in [5.74, 6) is -0.0525. The zero-order chi connectivity index (χ0) is 13.5. The number of benzene rings is 1. The van der Waals surface area contributed by atoms with Crippen molar-refractivity contribution < 1.29 is 4.79 Å². The molecule has 0 aliphatic rings. The van der Waals surface area contributed by atoms with E-state index in [0.29, 0.717) is 17.6 Å². The molecule has 5 heteroatoms. The maximum atomic E-state index is 11.6. The maximum absolute atomic E-state index is 11.6. The van der Waals surface area contributed by atoms with Crippen LogP contribution in [0.2, 0.25) is 5.02 Å². The van der Waals surface area contributed by atoms with Crippen LogP contribution in [-0.4, -0.2) is 44.0 Å². The van der Waals surface area contributed by atoms with Crippen LogP contribution in [0.15, 0.2) is 24.3 Å². The molecule has 0 aliphatic carbocycles. The van der Waals surface area contributed by atoms with E-state index in [4.69, 9.17) is 11.6 Å². The van der Waals surface area contributed by atoms with Crippen LogP contribution in [0.4, 0.5) is 5.69 Å². The van der Waals surface area contributed by atoms with Gasteiger partial charge in [-0.3, -0.25) is 4.79 Å². The second-order valence-corrected chi connectivity index (χ2v) is 4.94. The van der Waals surface area contributed by atoms with Gasteiger partial charge in [-0.15, -0.1) is 0 Å². The minimum absolute atomic E-state index is 0.0525. The molecule has 1 atom stereocenters. The van der Waals surface area contributed by atoms with Gasteiger partial charge in [0, 0.05) is 23.3 Å². The van der Waals surface area contributed by atoms with Gasteiger partial charge in [0.05, 0.1) is 6.54 Å². The van der Waals surface area contributed by atoms with Gasteiger partial charge < -0.3 is 15.5 Å². The topological polar surface area (TPSA) is 44.4 Å². The minimum Gasteiger partial charge on any atom is -0.325 e. The molecule has 0 aliphatic heterocycles. The van der Waals surface area contributed by atoms with Crippen molar-refractivity contribution in [2.75, 3.05) is 32.5 Å². The summed E-state index contributed by atoms with van der Waals surface area (Å²) in [6.07, 6.45) is 0. The number of rotatable bonds is 6. The van der Waals surface area contributed by atoms with Crippen LogP contribution >= 0.6 is 11.6 Å². The van der Waals surface area contributed by atoms with Gasteiger partial charge in [0.15, 0.2) is 0 Å². The summed E-state index contributed by atoms with van der Waals surface area (Å²) in [7, 11) is 4.03. The lowest BCUT2D eigenvalue weighted by molar-refractivity contribution is -0.115. The number of nitrogens with zero attached hydrogens (tertiary/aromatic N) is 1. The Morgan fingerprint density at radius 3 is 2.50 bits per heavy atom. The molecule has 1 aromatic rings. The Morgan fingerprint density at radius 1 is 1.33 bits per heavy atom. The summed E-state index contributed by atoms with van der Waals surface area (Å²) >= 11 is 5.77. The molecule has 2 N–H and O–H groups in total. The van der Waals surface area contributed by atoms with Gasteiger partial charge in [0.2, 0.25) is 5.91 Å². The fourth-order valence-electron chi connectivity index (χ4n) is 1.32. The smallest absolute Gasteiger partial charge is 0.238 e. The van der Waals surface area contributed by atoms with Gasteiger partial charge in [0.25, 0.3) is 0 Å². The Morgan fingerprint density at radius 2 is 1.94 bits per heavy atom. The standard InChI is InChI=1S/C13H20ClN3O/c1-10(17(2)3)8-15-9-13(18)16-12-6-4-11(14)5-7-12/h4-7,10,15H,8-9H2,1-3H3,(H,16,18). The van der Waals surface area contributed by atoms with Crippen molar-refractivity contribution in [1.82, 2.24) is 10.2 Å². The summed E-state index contributed by atoms with van der Waals surface area (Å²) in [5, 5.41) is 6.57. The number of amides is 1. The van der Waals surface area contributed by atoms with Crippen LogP contribution in [0.25, 0.3) is 0 Å². The molecule has 4 nitrogen and oxygen atoms in total. The number of likely N-dealkylation sites (N-methyl/N-ethyl adjacent to an activating group) is 1. The van der Waals surface area contributed by atoms with Crippen molar-refractivity contribution in [3.8, 4) is 0 Å². The molecule has 1 aromatic carbocycles. The lowest BCUT2D eigenvalue weighted by Crippen LogP contribution is -2.38. The van der Waals surface area contributed by atoms with Crippen LogP contribution in [0.5, 0.6) is 0 Å². The Hall–Kier alpha value is -1.10. The Bertz CT molecular complexity index is 378. The maximum Gasteiger partial charge on any atom is 0.238 e. The predicted molar refractivity (Wildman–Crippen MR) is 76.1 cm³/mol. The number of anilines is 1. The van der Waals surface area contributed by atoms with E-state index in [1.54, 1.807) is 24.3 Å². The van der Waals surface area contributed by atoms with Crippen molar-refractivity contribution in [3.63, 3.8) is 0 Å². The van der Waals surface area contributed by atoms with Crippen molar-refractivity contribution in [2.24, 2.45) is 0 Å². The number of hydrogen-bond donors (Lipinski definition) is 2. The number of carbonyl (C=O) groups is 1. The van der Waals surface area contributed by atoms with Crippen LogP contribution < -0.4 is 10.6 Å². The molecule has 1 amide bonds. The molecule has 0 radical (unpaired) electrons. The summed E-state index contributed by atoms with van der Waals surface area (Å²) in [6.45, 7) is 3.19. The van der Waals surface area contributed by atoms with E-state index in [2.05, 4.69) is 22.5 Å². The highest BCUT2D eigenvalue weighted by Gasteiger charge is 2.06. The summed E-state index contributed by atoms with van der Waals surface area (Å²) in [6, 6.07) is 7.45. The molecule has 0 heterocycles. The molecule has 0 spiro atoms. The lowest BCUT2D eigenvalue weighted by atomic mass is 10.3. The van der Waals surface area contributed by atoms with Gasteiger partial charge >= 0.3 is 0 Å². The summed E-state index contributed by atoms with van der Waals surface area (Å²) in [4.78, 5) is 13.7. The molecular formula is C13H20ClN3O. The molecule has 18 heavy (non-hydrogen) atoms.